The molecule has 1 saturated carbocycles. The first kappa shape index (κ1) is 13.5. The van der Waals surface area contributed by atoms with Gasteiger partial charge in [-0.25, -0.2) is 17.5 Å². The zero-order valence-corrected chi connectivity index (χ0v) is 11.0. The van der Waals surface area contributed by atoms with Gasteiger partial charge in [0, 0.05) is 12.1 Å². The van der Waals surface area contributed by atoms with Crippen molar-refractivity contribution in [2.24, 2.45) is 5.73 Å². The molecule has 0 bridgehead atoms. The second kappa shape index (κ2) is 4.95. The SMILES string of the molecule is Cc1ccc(F)c(S(=O)(=O)NC2CCCC2N)c1. The summed E-state index contributed by atoms with van der Waals surface area (Å²) in [6.07, 6.45) is 2.39. The minimum Gasteiger partial charge on any atom is -0.326 e. The molecule has 0 amide bonds. The molecule has 6 heteroatoms. The number of nitrogens with one attached hydrogen (secondary N) is 1. The molecule has 0 aromatic heterocycles. The zero-order valence-electron chi connectivity index (χ0n) is 10.2. The Morgan fingerprint density at radius 1 is 1.39 bits per heavy atom. The quantitative estimate of drug-likeness (QED) is 0.871. The van der Waals surface area contributed by atoms with Crippen molar-refractivity contribution in [1.82, 2.24) is 4.72 Å². The Morgan fingerprint density at radius 2 is 2.11 bits per heavy atom. The third-order valence-corrected chi connectivity index (χ3v) is 4.76. The molecule has 2 rings (SSSR count). The van der Waals surface area contributed by atoms with Gasteiger partial charge in [0.25, 0.3) is 0 Å². The van der Waals surface area contributed by atoms with Crippen LogP contribution in [0.2, 0.25) is 0 Å². The van der Waals surface area contributed by atoms with Crippen molar-refractivity contribution in [3.05, 3.63) is 29.6 Å². The third kappa shape index (κ3) is 2.71. The summed E-state index contributed by atoms with van der Waals surface area (Å²) in [5.74, 6) is -0.736. The predicted octanol–water partition coefficient (Wildman–Crippen LogP) is 1.29. The largest absolute Gasteiger partial charge is 0.326 e. The number of hydrogen-bond donors (Lipinski definition) is 2. The van der Waals surface area contributed by atoms with Crippen molar-refractivity contribution < 1.29 is 12.8 Å². The van der Waals surface area contributed by atoms with Crippen LogP contribution in [0.1, 0.15) is 24.8 Å². The van der Waals surface area contributed by atoms with Crippen LogP contribution in [0.5, 0.6) is 0 Å². The Balaban J connectivity index is 2.28. The molecule has 1 fully saturated rings. The highest BCUT2D eigenvalue weighted by molar-refractivity contribution is 7.89. The van der Waals surface area contributed by atoms with E-state index in [0.29, 0.717) is 12.0 Å². The number of sulfonamides is 1. The molecule has 0 heterocycles. The first-order chi connectivity index (χ1) is 8.40. The van der Waals surface area contributed by atoms with Crippen molar-refractivity contribution in [3.8, 4) is 0 Å². The number of nitrogens with two attached hydrogens (primary N) is 1. The fourth-order valence-electron chi connectivity index (χ4n) is 2.21. The molecule has 18 heavy (non-hydrogen) atoms. The summed E-state index contributed by atoms with van der Waals surface area (Å²) in [5.41, 5.74) is 6.51. The second-order valence-electron chi connectivity index (χ2n) is 4.76. The monoisotopic (exact) mass is 272 g/mol. The molecule has 1 aromatic carbocycles. The molecule has 4 nitrogen and oxygen atoms in total. The molecule has 1 aromatic rings. The van der Waals surface area contributed by atoms with E-state index >= 15 is 0 Å². The summed E-state index contributed by atoms with van der Waals surface area (Å²) in [6.45, 7) is 1.72. The summed E-state index contributed by atoms with van der Waals surface area (Å²) in [4.78, 5) is -0.304. The van der Waals surface area contributed by atoms with Gasteiger partial charge >= 0.3 is 0 Å². The topological polar surface area (TPSA) is 72.2 Å². The Hall–Kier alpha value is -0.980. The van der Waals surface area contributed by atoms with Crippen LogP contribution >= 0.6 is 0 Å². The summed E-state index contributed by atoms with van der Waals surface area (Å²) in [6, 6.07) is 3.55. The maximum absolute atomic E-state index is 13.6. The van der Waals surface area contributed by atoms with E-state index in [0.717, 1.165) is 12.8 Å². The van der Waals surface area contributed by atoms with Gasteiger partial charge in [0.2, 0.25) is 10.0 Å². The van der Waals surface area contributed by atoms with Crippen LogP contribution in [0.4, 0.5) is 4.39 Å². The average molecular weight is 272 g/mol. The van der Waals surface area contributed by atoms with Crippen molar-refractivity contribution in [2.75, 3.05) is 0 Å². The average Bonchev–Trinajstić information content (AvgIpc) is 2.67. The third-order valence-electron chi connectivity index (χ3n) is 3.25. The number of aryl methyl sites for hydroxylation is 1. The molecule has 0 aliphatic heterocycles. The van der Waals surface area contributed by atoms with Crippen LogP contribution < -0.4 is 10.5 Å². The standard InChI is InChI=1S/C12H17FN2O2S/c1-8-5-6-9(13)12(7-8)18(16,17)15-11-4-2-3-10(11)14/h5-7,10-11,15H,2-4,14H2,1H3. The van der Waals surface area contributed by atoms with Gasteiger partial charge in [-0.05, 0) is 37.5 Å². The molecule has 100 valence electrons. The molecule has 2 unspecified atom stereocenters. The number of rotatable bonds is 3. The van der Waals surface area contributed by atoms with Crippen LogP contribution in [0, 0.1) is 12.7 Å². The highest BCUT2D eigenvalue weighted by atomic mass is 32.2. The van der Waals surface area contributed by atoms with Gasteiger partial charge in [-0.15, -0.1) is 0 Å². The maximum Gasteiger partial charge on any atom is 0.243 e. The minimum absolute atomic E-state index is 0.187. The minimum atomic E-state index is -3.83. The van der Waals surface area contributed by atoms with Crippen LogP contribution in [0.25, 0.3) is 0 Å². The van der Waals surface area contributed by atoms with Gasteiger partial charge in [0.1, 0.15) is 10.7 Å². The van der Waals surface area contributed by atoms with E-state index in [9.17, 15) is 12.8 Å². The lowest BCUT2D eigenvalue weighted by molar-refractivity contribution is 0.514. The van der Waals surface area contributed by atoms with Gasteiger partial charge < -0.3 is 5.73 Å². The highest BCUT2D eigenvalue weighted by Gasteiger charge is 2.30. The van der Waals surface area contributed by atoms with Crippen LogP contribution in [0.3, 0.4) is 0 Å². The van der Waals surface area contributed by atoms with Gasteiger partial charge in [0.15, 0.2) is 0 Å². The van der Waals surface area contributed by atoms with E-state index in [1.165, 1.54) is 18.2 Å². The lowest BCUT2D eigenvalue weighted by Gasteiger charge is -2.17. The predicted molar refractivity (Wildman–Crippen MR) is 67.1 cm³/mol. The lowest BCUT2D eigenvalue weighted by atomic mass is 10.2. The van der Waals surface area contributed by atoms with Crippen LogP contribution in [-0.4, -0.2) is 20.5 Å². The fourth-order valence-corrected chi connectivity index (χ4v) is 3.70. The molecule has 0 spiro atoms. The van der Waals surface area contributed by atoms with Gasteiger partial charge in [-0.2, -0.15) is 0 Å². The number of halogens is 1. The van der Waals surface area contributed by atoms with Crippen LogP contribution in [-0.2, 0) is 10.0 Å². The van der Waals surface area contributed by atoms with E-state index in [1.807, 2.05) is 0 Å². The normalized spacial score (nSPS) is 24.4. The summed E-state index contributed by atoms with van der Waals surface area (Å²) >= 11 is 0. The van der Waals surface area contributed by atoms with E-state index in [1.54, 1.807) is 6.92 Å². The summed E-state index contributed by atoms with van der Waals surface area (Å²) < 4.78 is 40.3. The molecule has 3 N–H and O–H groups in total. The van der Waals surface area contributed by atoms with E-state index in [4.69, 9.17) is 5.73 Å². The van der Waals surface area contributed by atoms with Gasteiger partial charge in [-0.3, -0.25) is 0 Å². The van der Waals surface area contributed by atoms with Crippen molar-refractivity contribution in [3.63, 3.8) is 0 Å². The molecule has 2 atom stereocenters. The smallest absolute Gasteiger partial charge is 0.243 e. The molecular weight excluding hydrogens is 255 g/mol. The van der Waals surface area contributed by atoms with Gasteiger partial charge in [0.05, 0.1) is 0 Å². The molecule has 1 aliphatic rings. The Bertz CT molecular complexity index is 545. The van der Waals surface area contributed by atoms with E-state index in [2.05, 4.69) is 4.72 Å². The van der Waals surface area contributed by atoms with Crippen LogP contribution in [0.15, 0.2) is 23.1 Å². The molecule has 0 radical (unpaired) electrons. The Kier molecular flexibility index (Phi) is 3.70. The first-order valence-electron chi connectivity index (χ1n) is 5.94. The lowest BCUT2D eigenvalue weighted by Crippen LogP contribution is -2.44. The maximum atomic E-state index is 13.6. The van der Waals surface area contributed by atoms with E-state index < -0.39 is 15.8 Å². The summed E-state index contributed by atoms with van der Waals surface area (Å²) in [5, 5.41) is 0. The molecule has 0 saturated heterocycles. The fraction of sp³-hybridized carbons (Fsp3) is 0.500. The number of benzene rings is 1. The van der Waals surface area contributed by atoms with Crippen molar-refractivity contribution in [2.45, 2.75) is 43.2 Å². The molecule has 1 aliphatic carbocycles. The molecular formula is C12H17FN2O2S. The zero-order chi connectivity index (χ0) is 13.3. The number of hydrogen-bond acceptors (Lipinski definition) is 3. The van der Waals surface area contributed by atoms with Crippen molar-refractivity contribution >= 4 is 10.0 Å². The highest BCUT2D eigenvalue weighted by Crippen LogP contribution is 2.21. The van der Waals surface area contributed by atoms with Crippen molar-refractivity contribution in [1.29, 1.82) is 0 Å². The first-order valence-corrected chi connectivity index (χ1v) is 7.42. The summed E-state index contributed by atoms with van der Waals surface area (Å²) in [7, 11) is -3.83. The van der Waals surface area contributed by atoms with Gasteiger partial charge in [-0.1, -0.05) is 12.5 Å². The van der Waals surface area contributed by atoms with E-state index in [-0.39, 0.29) is 17.0 Å². The Labute approximate surface area is 106 Å². The second-order valence-corrected chi connectivity index (χ2v) is 6.44. The Morgan fingerprint density at radius 3 is 2.72 bits per heavy atom.